The van der Waals surface area contributed by atoms with Gasteiger partial charge < -0.3 is 5.11 Å². The fourth-order valence-electron chi connectivity index (χ4n) is 3.51. The van der Waals surface area contributed by atoms with Gasteiger partial charge in [0.15, 0.2) is 5.82 Å². The van der Waals surface area contributed by atoms with Crippen molar-refractivity contribution in [2.45, 2.75) is 31.9 Å². The number of nitrogens with one attached hydrogen (secondary N) is 2. The lowest BCUT2D eigenvalue weighted by Crippen LogP contribution is -2.28. The molecule has 28 heavy (non-hydrogen) atoms. The highest BCUT2D eigenvalue weighted by Crippen LogP contribution is 2.21. The molecule has 1 aliphatic heterocycles. The van der Waals surface area contributed by atoms with E-state index >= 15 is 0 Å². The quantitative estimate of drug-likeness (QED) is 0.626. The molecule has 0 atom stereocenters. The van der Waals surface area contributed by atoms with Crippen LogP contribution >= 0.6 is 0 Å². The molecule has 7 heteroatoms. The van der Waals surface area contributed by atoms with Crippen molar-refractivity contribution in [3.63, 3.8) is 0 Å². The molecule has 146 valence electrons. The van der Waals surface area contributed by atoms with Crippen molar-refractivity contribution in [3.05, 3.63) is 82.0 Å². The Balaban J connectivity index is 1.72. The van der Waals surface area contributed by atoms with Crippen molar-refractivity contribution in [1.29, 1.82) is 0 Å². The largest absolute Gasteiger partial charge is 0.382 e. The standard InChI is InChI=1S/C21H25N5O2/c1-21(2,28)19-24-26(20(27)25(19)14-15-6-4-3-5-7-15)18-10-8-16(9-11-18)17-12-22-23-13-17/h3-11,17,22-23,28H,12-14H2,1-2H3. The molecular formula is C21H25N5O2. The summed E-state index contributed by atoms with van der Waals surface area (Å²) in [6.07, 6.45) is 0. The molecule has 3 aromatic rings. The number of nitrogens with zero attached hydrogens (tertiary/aromatic N) is 3. The first-order chi connectivity index (χ1) is 13.4. The van der Waals surface area contributed by atoms with Gasteiger partial charge >= 0.3 is 5.69 Å². The zero-order valence-electron chi connectivity index (χ0n) is 16.1. The van der Waals surface area contributed by atoms with E-state index in [1.54, 1.807) is 13.8 Å². The van der Waals surface area contributed by atoms with Gasteiger partial charge in [-0.15, -0.1) is 5.10 Å². The van der Waals surface area contributed by atoms with E-state index in [9.17, 15) is 9.90 Å². The summed E-state index contributed by atoms with van der Waals surface area (Å²) in [4.78, 5) is 13.1. The topological polar surface area (TPSA) is 84.1 Å². The van der Waals surface area contributed by atoms with Crippen molar-refractivity contribution < 1.29 is 5.11 Å². The first-order valence-electron chi connectivity index (χ1n) is 9.46. The predicted molar refractivity (Wildman–Crippen MR) is 107 cm³/mol. The molecule has 0 saturated carbocycles. The van der Waals surface area contributed by atoms with E-state index in [0.29, 0.717) is 24.0 Å². The van der Waals surface area contributed by atoms with Crippen LogP contribution in [0.2, 0.25) is 0 Å². The highest BCUT2D eigenvalue weighted by molar-refractivity contribution is 5.36. The summed E-state index contributed by atoms with van der Waals surface area (Å²) in [6.45, 7) is 5.41. The van der Waals surface area contributed by atoms with Crippen LogP contribution in [0, 0.1) is 0 Å². The van der Waals surface area contributed by atoms with Crippen LogP contribution in [0.25, 0.3) is 5.69 Å². The second-order valence-electron chi connectivity index (χ2n) is 7.70. The van der Waals surface area contributed by atoms with Gasteiger partial charge in [-0.25, -0.2) is 4.79 Å². The average molecular weight is 379 g/mol. The summed E-state index contributed by atoms with van der Waals surface area (Å²) in [7, 11) is 0. The molecule has 1 aliphatic rings. The molecule has 1 aromatic heterocycles. The van der Waals surface area contributed by atoms with Gasteiger partial charge in [0.05, 0.1) is 12.2 Å². The molecular weight excluding hydrogens is 354 g/mol. The normalized spacial score (nSPS) is 15.2. The summed E-state index contributed by atoms with van der Waals surface area (Å²) in [5, 5.41) is 15.0. The first-order valence-corrected chi connectivity index (χ1v) is 9.46. The summed E-state index contributed by atoms with van der Waals surface area (Å²) < 4.78 is 2.90. The highest BCUT2D eigenvalue weighted by Gasteiger charge is 2.27. The zero-order valence-corrected chi connectivity index (χ0v) is 16.1. The van der Waals surface area contributed by atoms with Gasteiger partial charge in [0.25, 0.3) is 0 Å². The van der Waals surface area contributed by atoms with E-state index in [4.69, 9.17) is 0 Å². The van der Waals surface area contributed by atoms with Gasteiger partial charge in [-0.2, -0.15) is 4.68 Å². The third kappa shape index (κ3) is 3.64. The van der Waals surface area contributed by atoms with Crippen molar-refractivity contribution in [2.75, 3.05) is 13.1 Å². The number of hydrazine groups is 1. The maximum Gasteiger partial charge on any atom is 0.351 e. The van der Waals surface area contributed by atoms with Crippen molar-refractivity contribution >= 4 is 0 Å². The maximum absolute atomic E-state index is 13.1. The van der Waals surface area contributed by atoms with Crippen molar-refractivity contribution in [2.24, 2.45) is 0 Å². The van der Waals surface area contributed by atoms with Gasteiger partial charge in [-0.1, -0.05) is 42.5 Å². The lowest BCUT2D eigenvalue weighted by Gasteiger charge is -2.16. The number of hydrogen-bond acceptors (Lipinski definition) is 5. The Hall–Kier alpha value is -2.74. The molecule has 1 saturated heterocycles. The van der Waals surface area contributed by atoms with Crippen LogP contribution in [0.4, 0.5) is 0 Å². The molecule has 0 aliphatic carbocycles. The Bertz CT molecular complexity index is 994. The van der Waals surface area contributed by atoms with Crippen molar-refractivity contribution in [3.8, 4) is 5.69 Å². The third-order valence-corrected chi connectivity index (χ3v) is 5.02. The van der Waals surface area contributed by atoms with E-state index in [0.717, 1.165) is 18.7 Å². The molecule has 0 amide bonds. The summed E-state index contributed by atoms with van der Waals surface area (Å²) in [5.41, 5.74) is 7.63. The minimum atomic E-state index is -1.24. The van der Waals surface area contributed by atoms with E-state index < -0.39 is 5.60 Å². The molecule has 0 bridgehead atoms. The molecule has 0 radical (unpaired) electrons. The smallest absolute Gasteiger partial charge is 0.351 e. The van der Waals surface area contributed by atoms with E-state index in [1.807, 2.05) is 54.6 Å². The second-order valence-corrected chi connectivity index (χ2v) is 7.70. The Labute approximate surface area is 163 Å². The van der Waals surface area contributed by atoms with E-state index in [1.165, 1.54) is 14.8 Å². The molecule has 2 heterocycles. The Morgan fingerprint density at radius 2 is 1.71 bits per heavy atom. The minimum Gasteiger partial charge on any atom is -0.382 e. The lowest BCUT2D eigenvalue weighted by atomic mass is 10.0. The predicted octanol–water partition coefficient (Wildman–Crippen LogP) is 1.50. The number of hydrogen-bond donors (Lipinski definition) is 3. The number of rotatable bonds is 5. The fraction of sp³-hybridized carbons (Fsp3) is 0.333. The SMILES string of the molecule is CC(C)(O)c1nn(-c2ccc(C3CNNC3)cc2)c(=O)n1Cc1ccccc1. The first kappa shape index (κ1) is 18.6. The fourth-order valence-corrected chi connectivity index (χ4v) is 3.51. The second kappa shape index (κ2) is 7.35. The summed E-state index contributed by atoms with van der Waals surface area (Å²) in [5.74, 6) is 0.753. The average Bonchev–Trinajstić information content (AvgIpc) is 3.32. The van der Waals surface area contributed by atoms with Gasteiger partial charge in [-0.05, 0) is 37.1 Å². The third-order valence-electron chi connectivity index (χ3n) is 5.02. The Morgan fingerprint density at radius 1 is 1.07 bits per heavy atom. The lowest BCUT2D eigenvalue weighted by molar-refractivity contribution is 0.0643. The van der Waals surface area contributed by atoms with Crippen LogP contribution in [0.3, 0.4) is 0 Å². The summed E-state index contributed by atoms with van der Waals surface area (Å²) in [6, 6.07) is 17.6. The molecule has 4 rings (SSSR count). The van der Waals surface area contributed by atoms with Gasteiger partial charge in [-0.3, -0.25) is 15.4 Å². The van der Waals surface area contributed by atoms with Crippen LogP contribution < -0.4 is 16.5 Å². The number of aliphatic hydroxyl groups is 1. The van der Waals surface area contributed by atoms with Crippen LogP contribution in [0.1, 0.15) is 36.7 Å². The van der Waals surface area contributed by atoms with Crippen LogP contribution in [-0.2, 0) is 12.1 Å². The van der Waals surface area contributed by atoms with E-state index in [-0.39, 0.29) is 5.69 Å². The maximum atomic E-state index is 13.1. The minimum absolute atomic E-state index is 0.266. The highest BCUT2D eigenvalue weighted by atomic mass is 16.3. The summed E-state index contributed by atoms with van der Waals surface area (Å²) >= 11 is 0. The molecule has 7 nitrogen and oxygen atoms in total. The van der Waals surface area contributed by atoms with Crippen molar-refractivity contribution in [1.82, 2.24) is 25.2 Å². The van der Waals surface area contributed by atoms with Crippen LogP contribution in [0.5, 0.6) is 0 Å². The van der Waals surface area contributed by atoms with Crippen LogP contribution in [-0.4, -0.2) is 32.5 Å². The van der Waals surface area contributed by atoms with Gasteiger partial charge in [0.2, 0.25) is 0 Å². The molecule has 2 aromatic carbocycles. The Morgan fingerprint density at radius 3 is 2.32 bits per heavy atom. The van der Waals surface area contributed by atoms with Crippen LogP contribution in [0.15, 0.2) is 59.4 Å². The van der Waals surface area contributed by atoms with Gasteiger partial charge in [0.1, 0.15) is 5.60 Å². The molecule has 0 unspecified atom stereocenters. The zero-order chi connectivity index (χ0) is 19.7. The van der Waals surface area contributed by atoms with E-state index in [2.05, 4.69) is 16.0 Å². The number of benzene rings is 2. The number of aromatic nitrogens is 3. The molecule has 3 N–H and O–H groups in total. The molecule has 0 spiro atoms. The Kier molecular flexibility index (Phi) is 4.89. The monoisotopic (exact) mass is 379 g/mol. The van der Waals surface area contributed by atoms with Gasteiger partial charge in [0, 0.05) is 19.0 Å². The molecule has 1 fully saturated rings.